The summed E-state index contributed by atoms with van der Waals surface area (Å²) in [6.07, 6.45) is 1.98. The van der Waals surface area contributed by atoms with E-state index in [9.17, 15) is 9.50 Å². The average Bonchev–Trinajstić information content (AvgIpc) is 3.16. The lowest BCUT2D eigenvalue weighted by molar-refractivity contribution is 0.0385. The summed E-state index contributed by atoms with van der Waals surface area (Å²) in [5, 5.41) is 13.6. The lowest BCUT2D eigenvalue weighted by Gasteiger charge is -2.11. The van der Waals surface area contributed by atoms with Crippen LogP contribution in [0.5, 0.6) is 5.75 Å². The molecule has 1 aliphatic rings. The molecule has 1 aromatic carbocycles. The molecule has 106 valence electrons. The van der Waals surface area contributed by atoms with Crippen LogP contribution in [0.15, 0.2) is 22.7 Å². The maximum atomic E-state index is 13.2. The van der Waals surface area contributed by atoms with Gasteiger partial charge >= 0.3 is 0 Å². The van der Waals surface area contributed by atoms with Gasteiger partial charge in [-0.2, -0.15) is 4.98 Å². The smallest absolute Gasteiger partial charge is 0.261 e. The fraction of sp³-hybridized carbons (Fsp3) is 0.429. The Morgan fingerprint density at radius 3 is 3.00 bits per heavy atom. The minimum absolute atomic E-state index is 0.0963. The molecule has 1 aliphatic carbocycles. The number of hydrogen-bond donors (Lipinski definition) is 1. The van der Waals surface area contributed by atoms with Crippen molar-refractivity contribution in [3.05, 3.63) is 29.8 Å². The minimum Gasteiger partial charge on any atom is -0.507 e. The summed E-state index contributed by atoms with van der Waals surface area (Å²) in [6.45, 7) is 2.48. The van der Waals surface area contributed by atoms with E-state index in [-0.39, 0.29) is 23.3 Å². The number of ether oxygens (including phenoxy) is 1. The van der Waals surface area contributed by atoms with Crippen LogP contribution in [0.3, 0.4) is 0 Å². The summed E-state index contributed by atoms with van der Waals surface area (Å²) in [6, 6.07) is 3.60. The number of hydrogen-bond acceptors (Lipinski definition) is 5. The highest BCUT2D eigenvalue weighted by atomic mass is 19.1. The van der Waals surface area contributed by atoms with E-state index in [4.69, 9.17) is 9.26 Å². The molecule has 1 heterocycles. The van der Waals surface area contributed by atoms with Gasteiger partial charge in [-0.25, -0.2) is 4.39 Å². The van der Waals surface area contributed by atoms with E-state index in [0.717, 1.165) is 12.8 Å². The minimum atomic E-state index is -0.471. The van der Waals surface area contributed by atoms with Gasteiger partial charge in [0, 0.05) is 6.61 Å². The van der Waals surface area contributed by atoms with E-state index >= 15 is 0 Å². The zero-order valence-electron chi connectivity index (χ0n) is 11.0. The Morgan fingerprint density at radius 1 is 1.50 bits per heavy atom. The Kier molecular flexibility index (Phi) is 3.40. The van der Waals surface area contributed by atoms with Gasteiger partial charge in [0.05, 0.1) is 5.56 Å². The number of phenolic OH excluding ortho intramolecular Hbond substituents is 1. The molecule has 5 nitrogen and oxygen atoms in total. The molecule has 0 bridgehead atoms. The molecule has 1 fully saturated rings. The summed E-state index contributed by atoms with van der Waals surface area (Å²) in [7, 11) is 0. The van der Waals surface area contributed by atoms with Crippen molar-refractivity contribution in [2.45, 2.75) is 25.9 Å². The van der Waals surface area contributed by atoms with Crippen LogP contribution < -0.4 is 0 Å². The third-order valence-electron chi connectivity index (χ3n) is 3.28. The first kappa shape index (κ1) is 13.1. The SMILES string of the molecule is CCOC(c1noc(-c2cc(F)ccc2O)n1)C1CC1. The molecule has 0 saturated heterocycles. The van der Waals surface area contributed by atoms with Gasteiger partial charge in [0.15, 0.2) is 0 Å². The van der Waals surface area contributed by atoms with Crippen LogP contribution in [0.25, 0.3) is 11.5 Å². The van der Waals surface area contributed by atoms with Crippen LogP contribution in [0.2, 0.25) is 0 Å². The van der Waals surface area contributed by atoms with E-state index < -0.39 is 5.82 Å². The fourth-order valence-electron chi connectivity index (χ4n) is 2.14. The van der Waals surface area contributed by atoms with Gasteiger partial charge < -0.3 is 14.4 Å². The second-order valence-electron chi connectivity index (χ2n) is 4.83. The van der Waals surface area contributed by atoms with Crippen LogP contribution in [-0.2, 0) is 4.74 Å². The van der Waals surface area contributed by atoms with Crippen molar-refractivity contribution in [2.75, 3.05) is 6.61 Å². The maximum absolute atomic E-state index is 13.2. The fourth-order valence-corrected chi connectivity index (χ4v) is 2.14. The van der Waals surface area contributed by atoms with Crippen molar-refractivity contribution in [3.8, 4) is 17.2 Å². The normalized spacial score (nSPS) is 16.3. The van der Waals surface area contributed by atoms with E-state index in [1.54, 1.807) is 0 Å². The van der Waals surface area contributed by atoms with Crippen molar-refractivity contribution in [2.24, 2.45) is 5.92 Å². The first-order valence-electron chi connectivity index (χ1n) is 6.63. The monoisotopic (exact) mass is 278 g/mol. The molecule has 0 radical (unpaired) electrons. The Hall–Kier alpha value is -1.95. The molecule has 20 heavy (non-hydrogen) atoms. The number of aromatic nitrogens is 2. The molecule has 1 N–H and O–H groups in total. The van der Waals surface area contributed by atoms with Crippen molar-refractivity contribution in [1.82, 2.24) is 10.1 Å². The number of benzene rings is 1. The molecule has 1 saturated carbocycles. The Morgan fingerprint density at radius 2 is 2.30 bits per heavy atom. The first-order valence-corrected chi connectivity index (χ1v) is 6.63. The second-order valence-corrected chi connectivity index (χ2v) is 4.83. The lowest BCUT2D eigenvalue weighted by Crippen LogP contribution is -2.08. The summed E-state index contributed by atoms with van der Waals surface area (Å²) < 4.78 is 24.0. The molecule has 3 rings (SSSR count). The Balaban J connectivity index is 1.90. The van der Waals surface area contributed by atoms with Gasteiger partial charge in [0.25, 0.3) is 5.89 Å². The molecule has 1 aromatic heterocycles. The zero-order chi connectivity index (χ0) is 14.1. The van der Waals surface area contributed by atoms with Gasteiger partial charge in [0.1, 0.15) is 17.7 Å². The molecular formula is C14H15FN2O3. The van der Waals surface area contributed by atoms with Crippen molar-refractivity contribution < 1.29 is 18.8 Å². The highest BCUT2D eigenvalue weighted by Gasteiger charge is 2.36. The van der Waals surface area contributed by atoms with Gasteiger partial charge in [-0.05, 0) is 43.9 Å². The van der Waals surface area contributed by atoms with Crippen LogP contribution >= 0.6 is 0 Å². The molecule has 0 spiro atoms. The van der Waals surface area contributed by atoms with Crippen LogP contribution in [-0.4, -0.2) is 21.9 Å². The molecule has 0 aliphatic heterocycles. The van der Waals surface area contributed by atoms with Crippen molar-refractivity contribution in [1.29, 1.82) is 0 Å². The van der Waals surface area contributed by atoms with Gasteiger partial charge in [0.2, 0.25) is 5.82 Å². The first-order chi connectivity index (χ1) is 9.69. The van der Waals surface area contributed by atoms with Gasteiger partial charge in [-0.3, -0.25) is 0 Å². The molecular weight excluding hydrogens is 263 g/mol. The van der Waals surface area contributed by atoms with Crippen LogP contribution in [0.1, 0.15) is 31.7 Å². The van der Waals surface area contributed by atoms with Crippen molar-refractivity contribution >= 4 is 0 Å². The number of aromatic hydroxyl groups is 1. The molecule has 0 amide bonds. The van der Waals surface area contributed by atoms with Gasteiger partial charge in [-0.15, -0.1) is 0 Å². The lowest BCUT2D eigenvalue weighted by atomic mass is 10.2. The summed E-state index contributed by atoms with van der Waals surface area (Å²) >= 11 is 0. The summed E-state index contributed by atoms with van der Waals surface area (Å²) in [5.74, 6) is 0.402. The average molecular weight is 278 g/mol. The van der Waals surface area contributed by atoms with Crippen LogP contribution in [0, 0.1) is 11.7 Å². The van der Waals surface area contributed by atoms with Crippen molar-refractivity contribution in [3.63, 3.8) is 0 Å². The third kappa shape index (κ3) is 2.51. The van der Waals surface area contributed by atoms with E-state index in [1.807, 2.05) is 6.92 Å². The predicted octanol–water partition coefficient (Wildman–Crippen LogP) is 3.07. The highest BCUT2D eigenvalue weighted by molar-refractivity contribution is 5.61. The molecule has 1 unspecified atom stereocenters. The zero-order valence-corrected chi connectivity index (χ0v) is 11.0. The Bertz CT molecular complexity index is 610. The second kappa shape index (κ2) is 5.20. The molecule has 6 heteroatoms. The number of phenols is 1. The van der Waals surface area contributed by atoms with Gasteiger partial charge in [-0.1, -0.05) is 5.16 Å². The highest BCUT2D eigenvalue weighted by Crippen LogP contribution is 2.42. The number of rotatable bonds is 5. The van der Waals surface area contributed by atoms with E-state index in [1.165, 1.54) is 18.2 Å². The molecule has 2 aromatic rings. The van der Waals surface area contributed by atoms with Crippen LogP contribution in [0.4, 0.5) is 4.39 Å². The summed E-state index contributed by atoms with van der Waals surface area (Å²) in [4.78, 5) is 4.23. The van der Waals surface area contributed by atoms with E-state index in [2.05, 4.69) is 10.1 Å². The number of halogens is 1. The topological polar surface area (TPSA) is 68.4 Å². The number of nitrogens with zero attached hydrogens (tertiary/aromatic N) is 2. The molecule has 1 atom stereocenters. The third-order valence-corrected chi connectivity index (χ3v) is 3.28. The largest absolute Gasteiger partial charge is 0.507 e. The standard InChI is InChI=1S/C14H15FN2O3/c1-2-19-12(8-3-4-8)13-16-14(20-17-13)10-7-9(15)5-6-11(10)18/h5-8,12,18H,2-4H2,1H3. The van der Waals surface area contributed by atoms with E-state index in [0.29, 0.717) is 18.3 Å². The quantitative estimate of drug-likeness (QED) is 0.910. The Labute approximate surface area is 115 Å². The summed E-state index contributed by atoms with van der Waals surface area (Å²) in [5.41, 5.74) is 0.190. The predicted molar refractivity (Wildman–Crippen MR) is 68.4 cm³/mol. The maximum Gasteiger partial charge on any atom is 0.261 e.